The Balaban J connectivity index is 1.43. The van der Waals surface area contributed by atoms with Gasteiger partial charge in [-0.15, -0.1) is 0 Å². The molecule has 5 nitrogen and oxygen atoms in total. The Morgan fingerprint density at radius 3 is 2.82 bits per heavy atom. The fraction of sp³-hybridized carbons (Fsp3) is 0.565. The van der Waals surface area contributed by atoms with Crippen molar-refractivity contribution >= 4 is 5.91 Å². The Kier molecular flexibility index (Phi) is 5.28. The zero-order valence-corrected chi connectivity index (χ0v) is 17.3. The van der Waals surface area contributed by atoms with Crippen LogP contribution in [0.25, 0.3) is 0 Å². The Hall–Kier alpha value is -2.14. The summed E-state index contributed by atoms with van der Waals surface area (Å²) in [5.41, 5.74) is 3.63. The maximum Gasteiger partial charge on any atom is 0.291 e. The van der Waals surface area contributed by atoms with Gasteiger partial charge in [-0.3, -0.25) is 9.69 Å². The highest BCUT2D eigenvalue weighted by Crippen LogP contribution is 2.40. The predicted molar refractivity (Wildman–Crippen MR) is 109 cm³/mol. The number of rotatable bonds is 4. The van der Waals surface area contributed by atoms with Crippen LogP contribution in [0.5, 0.6) is 0 Å². The summed E-state index contributed by atoms with van der Waals surface area (Å²) in [7, 11) is 0. The van der Waals surface area contributed by atoms with Gasteiger partial charge in [-0.2, -0.15) is 0 Å². The first-order chi connectivity index (χ1) is 13.5. The van der Waals surface area contributed by atoms with Crippen LogP contribution in [0, 0.1) is 19.3 Å². The molecule has 1 spiro atoms. The van der Waals surface area contributed by atoms with Crippen LogP contribution in [-0.4, -0.2) is 46.9 Å². The first-order valence-electron chi connectivity index (χ1n) is 10.5. The summed E-state index contributed by atoms with van der Waals surface area (Å²) >= 11 is 0. The van der Waals surface area contributed by atoms with Crippen molar-refractivity contribution in [2.45, 2.75) is 53.0 Å². The van der Waals surface area contributed by atoms with Crippen LogP contribution in [0.1, 0.15) is 59.5 Å². The second-order valence-electron chi connectivity index (χ2n) is 8.66. The van der Waals surface area contributed by atoms with Crippen LogP contribution in [0.3, 0.4) is 0 Å². The minimum Gasteiger partial charge on any atom is -0.435 e. The lowest BCUT2D eigenvalue weighted by Gasteiger charge is -2.40. The number of carbonyl (C=O) groups is 1. The average molecular weight is 382 g/mol. The number of hydrogen-bond donors (Lipinski definition) is 0. The van der Waals surface area contributed by atoms with E-state index in [1.807, 2.05) is 18.7 Å². The lowest BCUT2D eigenvalue weighted by Crippen LogP contribution is -2.45. The summed E-state index contributed by atoms with van der Waals surface area (Å²) in [4.78, 5) is 21.9. The maximum atomic E-state index is 13.0. The van der Waals surface area contributed by atoms with Gasteiger partial charge in [0.05, 0.1) is 5.69 Å². The van der Waals surface area contributed by atoms with Crippen molar-refractivity contribution in [3.63, 3.8) is 0 Å². The first kappa shape index (κ1) is 19.2. The minimum atomic E-state index is 0.0115. The highest BCUT2D eigenvalue weighted by atomic mass is 16.4. The van der Waals surface area contributed by atoms with Crippen LogP contribution in [0.15, 0.2) is 28.7 Å². The van der Waals surface area contributed by atoms with Crippen LogP contribution in [-0.2, 0) is 13.0 Å². The van der Waals surface area contributed by atoms with E-state index in [0.717, 1.165) is 39.1 Å². The number of nitrogens with zero attached hydrogens (tertiary/aromatic N) is 3. The molecule has 2 saturated heterocycles. The molecule has 0 unspecified atom stereocenters. The number of amides is 1. The van der Waals surface area contributed by atoms with Crippen LogP contribution >= 0.6 is 0 Å². The summed E-state index contributed by atoms with van der Waals surface area (Å²) in [5, 5.41) is 0. The van der Waals surface area contributed by atoms with Crippen LogP contribution in [0.2, 0.25) is 0 Å². The molecule has 0 N–H and O–H groups in total. The number of benzene rings is 1. The van der Waals surface area contributed by atoms with Crippen LogP contribution in [0.4, 0.5) is 0 Å². The second-order valence-corrected chi connectivity index (χ2v) is 8.66. The monoisotopic (exact) mass is 381 g/mol. The topological polar surface area (TPSA) is 49.6 Å². The Morgan fingerprint density at radius 1 is 1.21 bits per heavy atom. The van der Waals surface area contributed by atoms with Gasteiger partial charge in [0.2, 0.25) is 5.76 Å². The lowest BCUT2D eigenvalue weighted by atomic mass is 9.79. The minimum absolute atomic E-state index is 0.0115. The number of aryl methyl sites for hydroxylation is 3. The molecule has 3 heterocycles. The van der Waals surface area contributed by atoms with Crippen molar-refractivity contribution < 1.29 is 9.21 Å². The predicted octanol–water partition coefficient (Wildman–Crippen LogP) is 3.98. The Morgan fingerprint density at radius 2 is 2.07 bits per heavy atom. The normalized spacial score (nSPS) is 22.9. The van der Waals surface area contributed by atoms with E-state index in [4.69, 9.17) is 4.42 Å². The summed E-state index contributed by atoms with van der Waals surface area (Å²) in [6, 6.07) is 8.79. The van der Waals surface area contributed by atoms with Crippen molar-refractivity contribution in [1.29, 1.82) is 0 Å². The van der Waals surface area contributed by atoms with Gasteiger partial charge >= 0.3 is 0 Å². The zero-order chi connectivity index (χ0) is 19.7. The number of carbonyl (C=O) groups excluding carboxylic acids is 1. The molecule has 1 amide bonds. The van der Waals surface area contributed by atoms with E-state index in [0.29, 0.717) is 23.8 Å². The maximum absolute atomic E-state index is 13.0. The second kappa shape index (κ2) is 7.70. The number of likely N-dealkylation sites (tertiary alicyclic amines) is 2. The van der Waals surface area contributed by atoms with E-state index >= 15 is 0 Å². The molecule has 2 fully saturated rings. The smallest absolute Gasteiger partial charge is 0.291 e. The van der Waals surface area contributed by atoms with Gasteiger partial charge in [-0.1, -0.05) is 36.8 Å². The van der Waals surface area contributed by atoms with E-state index in [1.165, 1.54) is 24.0 Å². The molecule has 0 radical (unpaired) electrons. The van der Waals surface area contributed by atoms with Crippen molar-refractivity contribution in [2.75, 3.05) is 26.2 Å². The number of piperidine rings is 1. The SMILES string of the molecule is CCc1nc(C)c(C(=O)N2CC[C@]3(CCCN(Cc4cccc(C)c4)C3)C2)o1. The molecule has 5 heteroatoms. The van der Waals surface area contributed by atoms with E-state index in [1.54, 1.807) is 0 Å². The van der Waals surface area contributed by atoms with Crippen molar-refractivity contribution in [1.82, 2.24) is 14.8 Å². The van der Waals surface area contributed by atoms with Gasteiger partial charge in [-0.25, -0.2) is 4.98 Å². The number of oxazole rings is 1. The third kappa shape index (κ3) is 3.86. The molecule has 1 aromatic heterocycles. The van der Waals surface area contributed by atoms with E-state index in [9.17, 15) is 4.79 Å². The number of hydrogen-bond acceptors (Lipinski definition) is 4. The van der Waals surface area contributed by atoms with E-state index in [2.05, 4.69) is 41.1 Å². The van der Waals surface area contributed by atoms with Crippen molar-refractivity contribution in [3.8, 4) is 0 Å². The number of aromatic nitrogens is 1. The zero-order valence-electron chi connectivity index (χ0n) is 17.3. The summed E-state index contributed by atoms with van der Waals surface area (Å²) in [6.45, 7) is 10.9. The van der Waals surface area contributed by atoms with Crippen molar-refractivity contribution in [3.05, 3.63) is 52.7 Å². The molecule has 0 bridgehead atoms. The van der Waals surface area contributed by atoms with E-state index < -0.39 is 0 Å². The molecular weight excluding hydrogens is 350 g/mol. The molecule has 2 aliphatic heterocycles. The highest BCUT2D eigenvalue weighted by molar-refractivity contribution is 5.92. The average Bonchev–Trinajstić information content (AvgIpc) is 3.25. The molecular formula is C23H31N3O2. The lowest BCUT2D eigenvalue weighted by molar-refractivity contribution is 0.0649. The molecule has 1 aromatic carbocycles. The fourth-order valence-electron chi connectivity index (χ4n) is 4.90. The van der Waals surface area contributed by atoms with Crippen molar-refractivity contribution in [2.24, 2.45) is 5.41 Å². The van der Waals surface area contributed by atoms with Gasteiger partial charge < -0.3 is 9.32 Å². The largest absolute Gasteiger partial charge is 0.435 e. The van der Waals surface area contributed by atoms with Gasteiger partial charge in [0.15, 0.2) is 5.89 Å². The molecule has 1 atom stereocenters. The van der Waals surface area contributed by atoms with Gasteiger partial charge in [0, 0.05) is 38.0 Å². The molecule has 2 aliphatic rings. The molecule has 150 valence electrons. The standard InChI is InChI=1S/C23H31N3O2/c1-4-20-24-18(3)21(28-20)22(27)26-12-10-23(16-26)9-6-11-25(15-23)14-19-8-5-7-17(2)13-19/h5,7-8,13H,4,6,9-12,14-16H2,1-3H3/t23-/m0/s1. The van der Waals surface area contributed by atoms with Gasteiger partial charge in [-0.05, 0) is 45.2 Å². The molecule has 28 heavy (non-hydrogen) atoms. The van der Waals surface area contributed by atoms with Gasteiger partial charge in [0.1, 0.15) is 0 Å². The third-order valence-electron chi connectivity index (χ3n) is 6.29. The Bertz CT molecular complexity index is 859. The highest BCUT2D eigenvalue weighted by Gasteiger charge is 2.43. The summed E-state index contributed by atoms with van der Waals surface area (Å²) in [5.74, 6) is 1.09. The fourth-order valence-corrected chi connectivity index (χ4v) is 4.90. The molecule has 4 rings (SSSR count). The third-order valence-corrected chi connectivity index (χ3v) is 6.29. The molecule has 0 saturated carbocycles. The summed E-state index contributed by atoms with van der Waals surface area (Å²) < 4.78 is 5.71. The molecule has 2 aromatic rings. The Labute approximate surface area is 167 Å². The quantitative estimate of drug-likeness (QED) is 0.804. The van der Waals surface area contributed by atoms with Gasteiger partial charge in [0.25, 0.3) is 5.91 Å². The van der Waals surface area contributed by atoms with Crippen LogP contribution < -0.4 is 0 Å². The first-order valence-corrected chi connectivity index (χ1v) is 10.5. The summed E-state index contributed by atoms with van der Waals surface area (Å²) in [6.07, 6.45) is 4.20. The van der Waals surface area contributed by atoms with E-state index in [-0.39, 0.29) is 11.3 Å². The molecule has 0 aliphatic carbocycles.